The summed E-state index contributed by atoms with van der Waals surface area (Å²) >= 11 is 6.11. The van der Waals surface area contributed by atoms with Gasteiger partial charge in [0.15, 0.2) is 0 Å². The zero-order chi connectivity index (χ0) is 13.2. The maximum atomic E-state index is 6.11. The molecule has 2 heterocycles. The predicted molar refractivity (Wildman–Crippen MR) is 77.9 cm³/mol. The minimum Gasteiger partial charge on any atom is -0.398 e. The van der Waals surface area contributed by atoms with Crippen molar-refractivity contribution in [3.8, 4) is 0 Å². The highest BCUT2D eigenvalue weighted by Gasteiger charge is 2.18. The number of aromatic nitrogens is 1. The number of hydrogen-bond donors (Lipinski definition) is 1. The van der Waals surface area contributed by atoms with Crippen molar-refractivity contribution >= 4 is 17.3 Å². The van der Waals surface area contributed by atoms with Gasteiger partial charge in [0.05, 0.1) is 0 Å². The molecule has 0 saturated heterocycles. The van der Waals surface area contributed by atoms with E-state index in [4.69, 9.17) is 17.3 Å². The molecular weight excluding hydrogens is 258 g/mol. The first-order chi connectivity index (χ1) is 9.24. The Kier molecular flexibility index (Phi) is 3.40. The molecule has 1 aromatic heterocycles. The lowest BCUT2D eigenvalue weighted by Crippen LogP contribution is -2.30. The van der Waals surface area contributed by atoms with Crippen LogP contribution >= 0.6 is 11.6 Å². The van der Waals surface area contributed by atoms with Gasteiger partial charge in [-0.15, -0.1) is 0 Å². The van der Waals surface area contributed by atoms with E-state index < -0.39 is 0 Å². The van der Waals surface area contributed by atoms with Crippen LogP contribution in [0.1, 0.15) is 16.7 Å². The zero-order valence-electron chi connectivity index (χ0n) is 10.6. The minimum absolute atomic E-state index is 0.592. The maximum absolute atomic E-state index is 6.11. The third-order valence-electron chi connectivity index (χ3n) is 3.62. The fraction of sp³-hybridized carbons (Fsp3) is 0.267. The van der Waals surface area contributed by atoms with E-state index >= 15 is 0 Å². The summed E-state index contributed by atoms with van der Waals surface area (Å²) in [6.07, 6.45) is 2.76. The third kappa shape index (κ3) is 2.57. The van der Waals surface area contributed by atoms with Gasteiger partial charge in [0.2, 0.25) is 0 Å². The number of nitrogens with zero attached hydrogens (tertiary/aromatic N) is 2. The molecule has 0 radical (unpaired) electrons. The number of nitrogens with two attached hydrogens (primary N) is 1. The van der Waals surface area contributed by atoms with Crippen LogP contribution in [0.3, 0.4) is 0 Å². The van der Waals surface area contributed by atoms with Gasteiger partial charge in [0, 0.05) is 37.1 Å². The van der Waals surface area contributed by atoms with Crippen molar-refractivity contribution in [3.05, 3.63) is 58.4 Å². The molecule has 0 fully saturated rings. The largest absolute Gasteiger partial charge is 0.398 e. The predicted octanol–water partition coefficient (Wildman–Crippen LogP) is 2.88. The summed E-state index contributed by atoms with van der Waals surface area (Å²) in [6, 6.07) is 10.1. The Balaban J connectivity index is 1.79. The molecule has 3 nitrogen and oxygen atoms in total. The van der Waals surface area contributed by atoms with E-state index in [2.05, 4.69) is 16.0 Å². The Labute approximate surface area is 118 Å². The number of benzene rings is 1. The molecule has 1 aliphatic rings. The summed E-state index contributed by atoms with van der Waals surface area (Å²) in [7, 11) is 0. The monoisotopic (exact) mass is 273 g/mol. The highest BCUT2D eigenvalue weighted by Crippen LogP contribution is 2.26. The van der Waals surface area contributed by atoms with Gasteiger partial charge >= 0.3 is 0 Å². The highest BCUT2D eigenvalue weighted by molar-refractivity contribution is 6.30. The van der Waals surface area contributed by atoms with Gasteiger partial charge < -0.3 is 5.73 Å². The second kappa shape index (κ2) is 5.19. The lowest BCUT2D eigenvalue weighted by molar-refractivity contribution is 0.246. The van der Waals surface area contributed by atoms with Gasteiger partial charge in [0.25, 0.3) is 0 Å². The van der Waals surface area contributed by atoms with Crippen molar-refractivity contribution in [2.45, 2.75) is 19.5 Å². The lowest BCUT2D eigenvalue weighted by Gasteiger charge is -2.29. The number of halogens is 1. The first-order valence-corrected chi connectivity index (χ1v) is 6.80. The Bertz CT molecular complexity index is 598. The smallest absolute Gasteiger partial charge is 0.133 e. The summed E-state index contributed by atoms with van der Waals surface area (Å²) in [5.74, 6) is 0. The molecule has 0 aliphatic carbocycles. The average Bonchev–Trinajstić information content (AvgIpc) is 2.42. The van der Waals surface area contributed by atoms with Gasteiger partial charge in [-0.1, -0.05) is 29.8 Å². The van der Waals surface area contributed by atoms with Crippen LogP contribution in [0.25, 0.3) is 0 Å². The number of hydrogen-bond acceptors (Lipinski definition) is 3. The Hall–Kier alpha value is -1.58. The average molecular weight is 274 g/mol. The fourth-order valence-corrected chi connectivity index (χ4v) is 2.76. The Morgan fingerprint density at radius 1 is 1.26 bits per heavy atom. The summed E-state index contributed by atoms with van der Waals surface area (Å²) < 4.78 is 0. The van der Waals surface area contributed by atoms with Crippen LogP contribution in [-0.4, -0.2) is 16.4 Å². The molecule has 4 heteroatoms. The molecule has 0 unspecified atom stereocenters. The van der Waals surface area contributed by atoms with Crippen molar-refractivity contribution in [3.63, 3.8) is 0 Å². The van der Waals surface area contributed by atoms with Crippen LogP contribution in [-0.2, 0) is 19.5 Å². The molecule has 3 rings (SSSR count). The van der Waals surface area contributed by atoms with E-state index in [1.165, 1.54) is 11.1 Å². The van der Waals surface area contributed by atoms with E-state index in [0.29, 0.717) is 5.15 Å². The molecule has 0 saturated carbocycles. The number of pyridine rings is 1. The van der Waals surface area contributed by atoms with E-state index in [-0.39, 0.29) is 0 Å². The number of fused-ring (bicyclic) bond motifs is 1. The quantitative estimate of drug-likeness (QED) is 0.676. The molecule has 0 atom stereocenters. The number of anilines is 1. The molecule has 2 N–H and O–H groups in total. The second-order valence-electron chi connectivity index (χ2n) is 4.90. The second-order valence-corrected chi connectivity index (χ2v) is 5.26. The number of rotatable bonds is 2. The van der Waals surface area contributed by atoms with Crippen molar-refractivity contribution in [1.29, 1.82) is 0 Å². The van der Waals surface area contributed by atoms with Crippen molar-refractivity contribution < 1.29 is 0 Å². The van der Waals surface area contributed by atoms with Crippen LogP contribution in [0.5, 0.6) is 0 Å². The zero-order valence-corrected chi connectivity index (χ0v) is 11.4. The van der Waals surface area contributed by atoms with E-state index in [1.54, 1.807) is 6.20 Å². The van der Waals surface area contributed by atoms with Crippen LogP contribution in [0, 0.1) is 0 Å². The molecule has 2 aromatic rings. The molecule has 19 heavy (non-hydrogen) atoms. The third-order valence-corrected chi connectivity index (χ3v) is 3.96. The summed E-state index contributed by atoms with van der Waals surface area (Å²) in [5, 5.41) is 0.592. The van der Waals surface area contributed by atoms with E-state index in [1.807, 2.05) is 24.3 Å². The lowest BCUT2D eigenvalue weighted by atomic mass is 9.98. The molecule has 98 valence electrons. The van der Waals surface area contributed by atoms with Gasteiger partial charge in [-0.05, 0) is 29.7 Å². The number of nitrogen functional groups attached to an aromatic ring is 1. The van der Waals surface area contributed by atoms with Crippen molar-refractivity contribution in [2.75, 3.05) is 12.3 Å². The molecule has 0 spiro atoms. The van der Waals surface area contributed by atoms with E-state index in [0.717, 1.165) is 37.3 Å². The molecule has 1 aliphatic heterocycles. The molecule has 1 aromatic carbocycles. The SMILES string of the molecule is Nc1cccc2c1CN(Cc1cccnc1Cl)CC2. The molecular formula is C15H16ClN3. The van der Waals surface area contributed by atoms with Gasteiger partial charge in [-0.25, -0.2) is 4.98 Å². The van der Waals surface area contributed by atoms with Crippen molar-refractivity contribution in [1.82, 2.24) is 9.88 Å². The van der Waals surface area contributed by atoms with Crippen molar-refractivity contribution in [2.24, 2.45) is 0 Å². The molecule has 0 bridgehead atoms. The standard InChI is InChI=1S/C15H16ClN3/c16-15-12(4-2-7-18-15)9-19-8-6-11-3-1-5-14(17)13(11)10-19/h1-5,7H,6,8-10,17H2. The summed E-state index contributed by atoms with van der Waals surface area (Å²) in [4.78, 5) is 6.48. The van der Waals surface area contributed by atoms with Gasteiger partial charge in [-0.2, -0.15) is 0 Å². The van der Waals surface area contributed by atoms with Gasteiger partial charge in [-0.3, -0.25) is 4.90 Å². The van der Waals surface area contributed by atoms with Crippen LogP contribution in [0.15, 0.2) is 36.5 Å². The molecule has 0 amide bonds. The Morgan fingerprint density at radius 2 is 2.16 bits per heavy atom. The normalized spacial score (nSPS) is 15.2. The maximum Gasteiger partial charge on any atom is 0.133 e. The fourth-order valence-electron chi connectivity index (χ4n) is 2.58. The van der Waals surface area contributed by atoms with Gasteiger partial charge in [0.1, 0.15) is 5.15 Å². The topological polar surface area (TPSA) is 42.1 Å². The van der Waals surface area contributed by atoms with Crippen LogP contribution in [0.4, 0.5) is 5.69 Å². The van der Waals surface area contributed by atoms with E-state index in [9.17, 15) is 0 Å². The first-order valence-electron chi connectivity index (χ1n) is 6.42. The summed E-state index contributed by atoms with van der Waals surface area (Å²) in [5.41, 5.74) is 10.6. The highest BCUT2D eigenvalue weighted by atomic mass is 35.5. The minimum atomic E-state index is 0.592. The van der Waals surface area contributed by atoms with Crippen LogP contribution < -0.4 is 5.73 Å². The first kappa shape index (κ1) is 12.5. The Morgan fingerprint density at radius 3 is 3.00 bits per heavy atom. The summed E-state index contributed by atoms with van der Waals surface area (Å²) in [6.45, 7) is 2.73. The van der Waals surface area contributed by atoms with Crippen LogP contribution in [0.2, 0.25) is 5.15 Å².